The first kappa shape index (κ1) is 12.3. The molecule has 3 rings (SSSR count). The summed E-state index contributed by atoms with van der Waals surface area (Å²) < 4.78 is 13.0. The van der Waals surface area contributed by atoms with Gasteiger partial charge in [-0.15, -0.1) is 0 Å². The molecule has 0 saturated heterocycles. The molecule has 2 heterocycles. The second kappa shape index (κ2) is 5.48. The van der Waals surface area contributed by atoms with Crippen molar-refractivity contribution in [2.75, 3.05) is 5.32 Å². The van der Waals surface area contributed by atoms with Crippen molar-refractivity contribution in [1.82, 2.24) is 20.4 Å². The molecule has 0 aliphatic rings. The van der Waals surface area contributed by atoms with Crippen LogP contribution >= 0.6 is 0 Å². The summed E-state index contributed by atoms with van der Waals surface area (Å²) in [6.45, 7) is 0.414. The Kier molecular flexibility index (Phi) is 3.36. The normalized spacial score (nSPS) is 10.4. The molecular formula is C14H12FN5. The second-order valence-electron chi connectivity index (χ2n) is 4.18. The highest BCUT2D eigenvalue weighted by Crippen LogP contribution is 2.19. The highest BCUT2D eigenvalue weighted by molar-refractivity contribution is 5.61. The first-order valence-electron chi connectivity index (χ1n) is 6.14. The lowest BCUT2D eigenvalue weighted by molar-refractivity contribution is 0.585. The van der Waals surface area contributed by atoms with E-state index in [1.54, 1.807) is 12.1 Å². The summed E-state index contributed by atoms with van der Waals surface area (Å²) in [5.74, 6) is -0.0505. The Balaban J connectivity index is 1.78. The van der Waals surface area contributed by atoms with Gasteiger partial charge in [0, 0.05) is 5.56 Å². The summed E-state index contributed by atoms with van der Waals surface area (Å²) in [5, 5.41) is 13.9. The minimum Gasteiger partial charge on any atom is -0.364 e. The quantitative estimate of drug-likeness (QED) is 0.714. The van der Waals surface area contributed by atoms with E-state index in [-0.39, 0.29) is 0 Å². The average molecular weight is 269 g/mol. The standard InChI is InChI=1S/C14H12FN5/c15-12-7-4-8-13(17-12)16-9-11-14(19-20-18-11)10-5-2-1-3-6-10/h1-8H,9H2,(H,16,17)(H,18,19,20). The second-order valence-corrected chi connectivity index (χ2v) is 4.18. The smallest absolute Gasteiger partial charge is 0.214 e. The minimum atomic E-state index is -0.515. The van der Waals surface area contributed by atoms with Gasteiger partial charge in [0.25, 0.3) is 0 Å². The molecule has 0 aliphatic carbocycles. The Hall–Kier alpha value is -2.76. The number of H-pyrrole nitrogens is 1. The van der Waals surface area contributed by atoms with E-state index >= 15 is 0 Å². The SMILES string of the molecule is Fc1cccc(NCc2n[nH]nc2-c2ccccc2)n1. The molecule has 0 fully saturated rings. The van der Waals surface area contributed by atoms with Crippen LogP contribution in [0, 0.1) is 5.95 Å². The number of hydrogen-bond donors (Lipinski definition) is 2. The summed E-state index contributed by atoms with van der Waals surface area (Å²) in [6.07, 6.45) is 0. The summed E-state index contributed by atoms with van der Waals surface area (Å²) in [4.78, 5) is 3.74. The molecule has 0 bridgehead atoms. The molecule has 0 saturated carbocycles. The van der Waals surface area contributed by atoms with Gasteiger partial charge in [-0.2, -0.15) is 19.8 Å². The number of nitrogens with zero attached hydrogens (tertiary/aromatic N) is 3. The predicted molar refractivity (Wildman–Crippen MR) is 73.3 cm³/mol. The number of halogens is 1. The number of hydrogen-bond acceptors (Lipinski definition) is 4. The number of pyridine rings is 1. The van der Waals surface area contributed by atoms with Crippen LogP contribution in [0.15, 0.2) is 48.5 Å². The van der Waals surface area contributed by atoms with Crippen LogP contribution in [0.4, 0.5) is 10.2 Å². The summed E-state index contributed by atoms with van der Waals surface area (Å²) in [7, 11) is 0. The van der Waals surface area contributed by atoms with E-state index in [2.05, 4.69) is 25.7 Å². The van der Waals surface area contributed by atoms with E-state index in [9.17, 15) is 4.39 Å². The van der Waals surface area contributed by atoms with Crippen molar-refractivity contribution in [3.63, 3.8) is 0 Å². The third-order valence-corrected chi connectivity index (χ3v) is 2.82. The Morgan fingerprint density at radius 1 is 1.00 bits per heavy atom. The summed E-state index contributed by atoms with van der Waals surface area (Å²) in [5.41, 5.74) is 2.50. The van der Waals surface area contributed by atoms with Gasteiger partial charge in [-0.25, -0.2) is 4.98 Å². The van der Waals surface area contributed by atoms with Gasteiger partial charge in [0.2, 0.25) is 5.95 Å². The van der Waals surface area contributed by atoms with Crippen molar-refractivity contribution < 1.29 is 4.39 Å². The zero-order valence-electron chi connectivity index (χ0n) is 10.5. The fraction of sp³-hybridized carbons (Fsp3) is 0.0714. The van der Waals surface area contributed by atoms with Gasteiger partial charge in [0.1, 0.15) is 17.2 Å². The van der Waals surface area contributed by atoms with Gasteiger partial charge in [0.15, 0.2) is 0 Å². The summed E-state index contributed by atoms with van der Waals surface area (Å²) >= 11 is 0. The number of aromatic nitrogens is 4. The fourth-order valence-electron chi connectivity index (χ4n) is 1.88. The molecule has 2 aromatic heterocycles. The van der Waals surface area contributed by atoms with Crippen LogP contribution in [-0.4, -0.2) is 20.4 Å². The van der Waals surface area contributed by atoms with E-state index in [0.29, 0.717) is 12.4 Å². The van der Waals surface area contributed by atoms with Crippen LogP contribution in [0.5, 0.6) is 0 Å². The van der Waals surface area contributed by atoms with Crippen molar-refractivity contribution >= 4 is 5.82 Å². The summed E-state index contributed by atoms with van der Waals surface area (Å²) in [6, 6.07) is 14.3. The molecule has 0 spiro atoms. The van der Waals surface area contributed by atoms with E-state index in [1.807, 2.05) is 30.3 Å². The number of anilines is 1. The van der Waals surface area contributed by atoms with Crippen LogP contribution in [0.2, 0.25) is 0 Å². The molecule has 0 radical (unpaired) electrons. The lowest BCUT2D eigenvalue weighted by Gasteiger charge is -2.04. The highest BCUT2D eigenvalue weighted by atomic mass is 19.1. The molecule has 0 amide bonds. The molecule has 1 aromatic carbocycles. The fourth-order valence-corrected chi connectivity index (χ4v) is 1.88. The number of nitrogens with one attached hydrogen (secondary N) is 2. The lowest BCUT2D eigenvalue weighted by Crippen LogP contribution is -2.03. The Morgan fingerprint density at radius 3 is 2.65 bits per heavy atom. The lowest BCUT2D eigenvalue weighted by atomic mass is 10.1. The minimum absolute atomic E-state index is 0.414. The Labute approximate surface area is 114 Å². The largest absolute Gasteiger partial charge is 0.364 e. The molecule has 3 aromatic rings. The van der Waals surface area contributed by atoms with Gasteiger partial charge in [0.05, 0.1) is 6.54 Å². The average Bonchev–Trinajstić information content (AvgIpc) is 2.95. The number of aromatic amines is 1. The van der Waals surface area contributed by atoms with Crippen molar-refractivity contribution in [2.24, 2.45) is 0 Å². The topological polar surface area (TPSA) is 66.5 Å². The molecule has 6 heteroatoms. The molecule has 0 unspecified atom stereocenters. The maximum Gasteiger partial charge on any atom is 0.214 e. The molecule has 5 nitrogen and oxygen atoms in total. The van der Waals surface area contributed by atoms with E-state index in [0.717, 1.165) is 17.0 Å². The Morgan fingerprint density at radius 2 is 1.85 bits per heavy atom. The van der Waals surface area contributed by atoms with E-state index in [1.165, 1.54) is 6.07 Å². The van der Waals surface area contributed by atoms with Crippen LogP contribution in [0.3, 0.4) is 0 Å². The molecule has 20 heavy (non-hydrogen) atoms. The Bertz CT molecular complexity index is 696. The van der Waals surface area contributed by atoms with Crippen molar-refractivity contribution in [3.05, 3.63) is 60.2 Å². The van der Waals surface area contributed by atoms with Crippen molar-refractivity contribution in [1.29, 1.82) is 0 Å². The van der Waals surface area contributed by atoms with Gasteiger partial charge >= 0.3 is 0 Å². The molecule has 0 atom stereocenters. The number of benzene rings is 1. The molecular weight excluding hydrogens is 257 g/mol. The zero-order valence-corrected chi connectivity index (χ0v) is 10.5. The predicted octanol–water partition coefficient (Wildman–Crippen LogP) is 2.62. The van der Waals surface area contributed by atoms with Gasteiger partial charge in [-0.1, -0.05) is 36.4 Å². The van der Waals surface area contributed by atoms with Gasteiger partial charge in [-0.3, -0.25) is 0 Å². The molecule has 2 N–H and O–H groups in total. The van der Waals surface area contributed by atoms with Crippen molar-refractivity contribution in [2.45, 2.75) is 6.54 Å². The van der Waals surface area contributed by atoms with E-state index in [4.69, 9.17) is 0 Å². The molecule has 100 valence electrons. The van der Waals surface area contributed by atoms with Gasteiger partial charge in [-0.05, 0) is 12.1 Å². The van der Waals surface area contributed by atoms with Crippen LogP contribution in [-0.2, 0) is 6.54 Å². The van der Waals surface area contributed by atoms with Crippen LogP contribution < -0.4 is 5.32 Å². The van der Waals surface area contributed by atoms with E-state index < -0.39 is 5.95 Å². The third kappa shape index (κ3) is 2.64. The zero-order chi connectivity index (χ0) is 13.8. The first-order valence-corrected chi connectivity index (χ1v) is 6.14. The van der Waals surface area contributed by atoms with Crippen LogP contribution in [0.1, 0.15) is 5.69 Å². The maximum atomic E-state index is 13.0. The monoisotopic (exact) mass is 269 g/mol. The van der Waals surface area contributed by atoms with Crippen LogP contribution in [0.25, 0.3) is 11.3 Å². The molecule has 0 aliphatic heterocycles. The highest BCUT2D eigenvalue weighted by Gasteiger charge is 2.09. The van der Waals surface area contributed by atoms with Gasteiger partial charge < -0.3 is 5.32 Å². The first-order chi connectivity index (χ1) is 9.83. The number of rotatable bonds is 4. The van der Waals surface area contributed by atoms with Crippen molar-refractivity contribution in [3.8, 4) is 11.3 Å². The third-order valence-electron chi connectivity index (χ3n) is 2.82. The maximum absolute atomic E-state index is 13.0.